The van der Waals surface area contributed by atoms with Gasteiger partial charge < -0.3 is 0 Å². The van der Waals surface area contributed by atoms with Gasteiger partial charge in [0.1, 0.15) is 0 Å². The van der Waals surface area contributed by atoms with E-state index in [9.17, 15) is 9.28 Å². The van der Waals surface area contributed by atoms with E-state index in [1.54, 1.807) is 32.0 Å². The van der Waals surface area contributed by atoms with Crippen molar-refractivity contribution in [3.8, 4) is 0 Å². The van der Waals surface area contributed by atoms with E-state index in [4.69, 9.17) is 10.0 Å². The molecule has 1 unspecified atom stereocenters. The zero-order chi connectivity index (χ0) is 12.8. The number of carbonyl (C=O) groups excluding carboxylic acids is 1. The monoisotopic (exact) mass is 242 g/mol. The molecule has 94 valence electrons. The normalized spacial score (nSPS) is 12.3. The fraction of sp³-hybridized carbons (Fsp3) is 0.364. The summed E-state index contributed by atoms with van der Waals surface area (Å²) in [4.78, 5) is 16.1. The van der Waals surface area contributed by atoms with Crippen LogP contribution in [0.25, 0.3) is 0 Å². The predicted octanol–water partition coefficient (Wildman–Crippen LogP) is 1.84. The van der Waals surface area contributed by atoms with E-state index < -0.39 is 12.0 Å². The third-order valence-electron chi connectivity index (χ3n) is 2.14. The first-order valence-electron chi connectivity index (χ1n) is 5.18. The summed E-state index contributed by atoms with van der Waals surface area (Å²) in [5.41, 5.74) is 1.62. The van der Waals surface area contributed by atoms with Gasteiger partial charge in [-0.05, 0) is 18.1 Å². The summed E-state index contributed by atoms with van der Waals surface area (Å²) in [6, 6.07) is 8.00. The summed E-state index contributed by atoms with van der Waals surface area (Å²) in [7, 11) is 0. The van der Waals surface area contributed by atoms with Crippen LogP contribution in [0, 0.1) is 5.92 Å². The van der Waals surface area contributed by atoms with Crippen molar-refractivity contribution in [1.29, 1.82) is 0 Å². The highest BCUT2D eigenvalue weighted by Gasteiger charge is 2.26. The average molecular weight is 242 g/mol. The van der Waals surface area contributed by atoms with Crippen LogP contribution in [0.5, 0.6) is 0 Å². The average Bonchev–Trinajstić information content (AvgIpc) is 2.35. The lowest BCUT2D eigenvalue weighted by Gasteiger charge is -2.22. The minimum absolute atomic E-state index is 0.0138. The number of rotatable bonds is 5. The second kappa shape index (κ2) is 6.17. The standard InChI is InChI=1S/C11H15FN2O3/c1-8(2)10(11(15)13-16)17-14(12)9-6-4-3-5-7-9/h3-8,10,16H,1-2H3,(H,13,15). The molecule has 0 spiro atoms. The smallest absolute Gasteiger partial charge is 0.275 e. The Labute approximate surface area is 98.6 Å². The molecule has 1 aromatic carbocycles. The van der Waals surface area contributed by atoms with E-state index in [2.05, 4.69) is 0 Å². The third kappa shape index (κ3) is 3.69. The van der Waals surface area contributed by atoms with Gasteiger partial charge in [0.25, 0.3) is 5.91 Å². The SMILES string of the molecule is CC(C)C(ON(F)c1ccccc1)C(=O)NO. The minimum atomic E-state index is -1.11. The lowest BCUT2D eigenvalue weighted by Crippen LogP contribution is -2.41. The van der Waals surface area contributed by atoms with Gasteiger partial charge in [-0.25, -0.2) is 10.3 Å². The minimum Gasteiger partial charge on any atom is -0.289 e. The molecule has 0 aliphatic rings. The van der Waals surface area contributed by atoms with Gasteiger partial charge in [-0.15, -0.1) is 0 Å². The van der Waals surface area contributed by atoms with Crippen LogP contribution in [0.3, 0.4) is 0 Å². The highest BCUT2D eigenvalue weighted by molar-refractivity contribution is 5.79. The van der Waals surface area contributed by atoms with E-state index >= 15 is 0 Å². The van der Waals surface area contributed by atoms with Crippen molar-refractivity contribution in [2.75, 3.05) is 5.29 Å². The zero-order valence-electron chi connectivity index (χ0n) is 9.63. The molecule has 1 rings (SSSR count). The van der Waals surface area contributed by atoms with Crippen LogP contribution in [0.15, 0.2) is 30.3 Å². The fourth-order valence-electron chi connectivity index (χ4n) is 1.24. The number of nitrogens with zero attached hydrogens (tertiary/aromatic N) is 1. The van der Waals surface area contributed by atoms with Crippen molar-refractivity contribution in [3.05, 3.63) is 30.3 Å². The van der Waals surface area contributed by atoms with Gasteiger partial charge in [0, 0.05) is 0 Å². The maximum Gasteiger partial charge on any atom is 0.275 e. The topological polar surface area (TPSA) is 61.8 Å². The number of hydrogen-bond donors (Lipinski definition) is 2. The summed E-state index contributed by atoms with van der Waals surface area (Å²) in [6.07, 6.45) is -1.11. The van der Waals surface area contributed by atoms with Crippen molar-refractivity contribution in [3.63, 3.8) is 0 Å². The van der Waals surface area contributed by atoms with E-state index in [-0.39, 0.29) is 16.9 Å². The molecule has 6 heteroatoms. The van der Waals surface area contributed by atoms with Crippen LogP contribution in [-0.4, -0.2) is 17.2 Å². The Bertz CT molecular complexity index is 359. The molecular weight excluding hydrogens is 227 g/mol. The van der Waals surface area contributed by atoms with E-state index in [0.29, 0.717) is 0 Å². The molecule has 0 aliphatic carbocycles. The van der Waals surface area contributed by atoms with Gasteiger partial charge in [0.2, 0.25) is 0 Å². The van der Waals surface area contributed by atoms with Gasteiger partial charge in [0.15, 0.2) is 6.10 Å². The molecular formula is C11H15FN2O3. The van der Waals surface area contributed by atoms with Crippen molar-refractivity contribution in [2.45, 2.75) is 20.0 Å². The summed E-state index contributed by atoms with van der Waals surface area (Å²) in [5, 5.41) is 8.53. The Morgan fingerprint density at radius 2 is 2.00 bits per heavy atom. The largest absolute Gasteiger partial charge is 0.289 e. The second-order valence-corrected chi connectivity index (χ2v) is 3.83. The van der Waals surface area contributed by atoms with Gasteiger partial charge >= 0.3 is 0 Å². The van der Waals surface area contributed by atoms with Crippen LogP contribution in [-0.2, 0) is 9.63 Å². The molecule has 1 amide bonds. The maximum atomic E-state index is 13.6. The molecule has 0 fully saturated rings. The van der Waals surface area contributed by atoms with Gasteiger partial charge in [0.05, 0.1) is 5.69 Å². The number of anilines is 1. The molecule has 0 heterocycles. The van der Waals surface area contributed by atoms with Crippen LogP contribution in [0.4, 0.5) is 10.2 Å². The first kappa shape index (κ1) is 13.4. The predicted molar refractivity (Wildman–Crippen MR) is 59.7 cm³/mol. The van der Waals surface area contributed by atoms with Crippen LogP contribution in [0.2, 0.25) is 0 Å². The highest BCUT2D eigenvalue weighted by Crippen LogP contribution is 2.18. The maximum absolute atomic E-state index is 13.6. The van der Waals surface area contributed by atoms with Crippen molar-refractivity contribution in [1.82, 2.24) is 5.48 Å². The van der Waals surface area contributed by atoms with Crippen molar-refractivity contribution >= 4 is 11.6 Å². The summed E-state index contributed by atoms with van der Waals surface area (Å²) in [5.74, 6) is -1.08. The third-order valence-corrected chi connectivity index (χ3v) is 2.14. The van der Waals surface area contributed by atoms with Crippen LogP contribution < -0.4 is 10.8 Å². The van der Waals surface area contributed by atoms with Crippen LogP contribution >= 0.6 is 0 Å². The first-order valence-corrected chi connectivity index (χ1v) is 5.18. The number of nitrogens with one attached hydrogen (secondary N) is 1. The number of hydroxylamine groups is 1. The molecule has 1 atom stereocenters. The second-order valence-electron chi connectivity index (χ2n) is 3.83. The van der Waals surface area contributed by atoms with Gasteiger partial charge in [-0.3, -0.25) is 10.0 Å². The van der Waals surface area contributed by atoms with Crippen molar-refractivity contribution < 1.29 is 19.3 Å². The number of carbonyl (C=O) groups is 1. The number of benzene rings is 1. The molecule has 17 heavy (non-hydrogen) atoms. The lowest BCUT2D eigenvalue weighted by molar-refractivity contribution is -0.151. The quantitative estimate of drug-likeness (QED) is 0.470. The number of halogens is 1. The molecule has 0 aliphatic heterocycles. The van der Waals surface area contributed by atoms with Gasteiger partial charge in [-0.2, -0.15) is 0 Å². The Balaban J connectivity index is 2.71. The number of amides is 1. The fourth-order valence-corrected chi connectivity index (χ4v) is 1.24. The van der Waals surface area contributed by atoms with Crippen molar-refractivity contribution in [2.24, 2.45) is 5.92 Å². The number of para-hydroxylation sites is 1. The Morgan fingerprint density at radius 3 is 2.47 bits per heavy atom. The van der Waals surface area contributed by atoms with E-state index in [0.717, 1.165) is 0 Å². The molecule has 5 nitrogen and oxygen atoms in total. The molecule has 0 saturated heterocycles. The summed E-state index contributed by atoms with van der Waals surface area (Å²) >= 11 is 0. The molecule has 2 N–H and O–H groups in total. The molecule has 1 aromatic rings. The zero-order valence-corrected chi connectivity index (χ0v) is 9.63. The first-order chi connectivity index (χ1) is 8.06. The molecule has 0 saturated carbocycles. The van der Waals surface area contributed by atoms with Crippen LogP contribution in [0.1, 0.15) is 13.8 Å². The van der Waals surface area contributed by atoms with E-state index in [1.165, 1.54) is 17.6 Å². The summed E-state index contributed by atoms with van der Waals surface area (Å²) in [6.45, 7) is 3.36. The summed E-state index contributed by atoms with van der Waals surface area (Å²) < 4.78 is 13.6. The Morgan fingerprint density at radius 1 is 1.41 bits per heavy atom. The highest BCUT2D eigenvalue weighted by atomic mass is 19.2. The van der Waals surface area contributed by atoms with Gasteiger partial charge in [-0.1, -0.05) is 41.8 Å². The van der Waals surface area contributed by atoms with E-state index in [1.807, 2.05) is 0 Å². The molecule has 0 bridgehead atoms. The Kier molecular flexibility index (Phi) is 4.86. The molecule has 0 radical (unpaired) electrons. The number of hydrogen-bond acceptors (Lipinski definition) is 4. The molecule has 0 aromatic heterocycles. The lowest BCUT2D eigenvalue weighted by atomic mass is 10.1. The Hall–Kier alpha value is -1.66.